The second kappa shape index (κ2) is 16.8. The van der Waals surface area contributed by atoms with Crippen LogP contribution in [0.5, 0.6) is 0 Å². The topological polar surface area (TPSA) is 146 Å². The van der Waals surface area contributed by atoms with Crippen LogP contribution in [0, 0.1) is 5.92 Å². The highest BCUT2D eigenvalue weighted by Crippen LogP contribution is 2.15. The van der Waals surface area contributed by atoms with Crippen molar-refractivity contribution in [2.45, 2.75) is 51.2 Å². The molecule has 3 aromatic rings. The molecular formula is C32H37N5O5S. The summed E-state index contributed by atoms with van der Waals surface area (Å²) >= 11 is 1.14. The Hall–Kier alpha value is -4.51. The molecule has 0 aliphatic rings. The van der Waals surface area contributed by atoms with Crippen LogP contribution < -0.4 is 21.3 Å². The van der Waals surface area contributed by atoms with Gasteiger partial charge in [-0.15, -0.1) is 11.8 Å². The molecule has 0 saturated heterocycles. The van der Waals surface area contributed by atoms with Crippen LogP contribution in [-0.2, 0) is 32.1 Å². The minimum atomic E-state index is -1.15. The number of benzene rings is 2. The third-order valence-electron chi connectivity index (χ3n) is 6.20. The van der Waals surface area contributed by atoms with Gasteiger partial charge in [-0.25, -0.2) is 0 Å². The van der Waals surface area contributed by atoms with Crippen molar-refractivity contribution in [2.24, 2.45) is 5.92 Å². The average molecular weight is 604 g/mol. The Bertz CT molecular complexity index is 1370. The molecule has 0 saturated carbocycles. The van der Waals surface area contributed by atoms with E-state index in [4.69, 9.17) is 0 Å². The van der Waals surface area contributed by atoms with Crippen LogP contribution in [0.1, 0.15) is 42.3 Å². The largest absolute Gasteiger partial charge is 0.345 e. The summed E-state index contributed by atoms with van der Waals surface area (Å²) in [6, 6.07) is 19.2. The molecular weight excluding hydrogens is 566 g/mol. The van der Waals surface area contributed by atoms with E-state index in [1.807, 2.05) is 44.2 Å². The number of rotatable bonds is 15. The summed E-state index contributed by atoms with van der Waals surface area (Å²) in [7, 11) is 0. The fourth-order valence-corrected chi connectivity index (χ4v) is 4.92. The number of pyridine rings is 1. The molecule has 1 heterocycles. The maximum Gasteiger partial charge on any atom is 0.290 e. The molecule has 3 unspecified atom stereocenters. The number of aromatic nitrogens is 1. The lowest BCUT2D eigenvalue weighted by Crippen LogP contribution is -2.55. The fraction of sp³-hybridized carbons (Fsp3) is 0.312. The smallest absolute Gasteiger partial charge is 0.290 e. The van der Waals surface area contributed by atoms with E-state index in [9.17, 15) is 24.0 Å². The van der Waals surface area contributed by atoms with E-state index in [-0.39, 0.29) is 18.9 Å². The normalized spacial score (nSPS) is 12.8. The Balaban J connectivity index is 1.66. The van der Waals surface area contributed by atoms with Crippen molar-refractivity contribution in [1.82, 2.24) is 26.3 Å². The van der Waals surface area contributed by atoms with Crippen LogP contribution in [0.4, 0.5) is 0 Å². The molecule has 0 spiro atoms. The summed E-state index contributed by atoms with van der Waals surface area (Å²) in [6.45, 7) is 5.50. The molecule has 0 radical (unpaired) electrons. The van der Waals surface area contributed by atoms with Gasteiger partial charge in [0.2, 0.25) is 11.8 Å². The van der Waals surface area contributed by atoms with Gasteiger partial charge in [0.05, 0.1) is 0 Å². The maximum atomic E-state index is 13.3. The summed E-state index contributed by atoms with van der Waals surface area (Å²) in [6.07, 6.45) is 3.38. The van der Waals surface area contributed by atoms with Crippen molar-refractivity contribution in [3.05, 3.63) is 102 Å². The summed E-state index contributed by atoms with van der Waals surface area (Å²) < 4.78 is 0. The van der Waals surface area contributed by atoms with Gasteiger partial charge in [0.15, 0.2) is 0 Å². The minimum absolute atomic E-state index is 0.109. The van der Waals surface area contributed by atoms with E-state index in [0.29, 0.717) is 11.3 Å². The van der Waals surface area contributed by atoms with E-state index in [2.05, 4.69) is 26.3 Å². The van der Waals surface area contributed by atoms with Crippen molar-refractivity contribution < 1.29 is 24.0 Å². The number of nitrogens with zero attached hydrogens (tertiary/aromatic N) is 1. The summed E-state index contributed by atoms with van der Waals surface area (Å²) in [5.74, 6) is -2.58. The molecule has 3 rings (SSSR count). The zero-order valence-electron chi connectivity index (χ0n) is 24.4. The van der Waals surface area contributed by atoms with E-state index in [1.54, 1.807) is 54.9 Å². The molecule has 10 nitrogen and oxygen atoms in total. The first kappa shape index (κ1) is 33.0. The number of nitrogens with one attached hydrogen (secondary N) is 4. The van der Waals surface area contributed by atoms with Gasteiger partial charge < -0.3 is 21.3 Å². The predicted molar refractivity (Wildman–Crippen MR) is 166 cm³/mol. The number of carbonyl (C=O) groups is 5. The Morgan fingerprint density at radius 1 is 0.767 bits per heavy atom. The van der Waals surface area contributed by atoms with Gasteiger partial charge in [0.1, 0.15) is 17.5 Å². The molecule has 226 valence electrons. The maximum absolute atomic E-state index is 13.3. The zero-order valence-corrected chi connectivity index (χ0v) is 25.2. The first-order valence-electron chi connectivity index (χ1n) is 14.0. The number of hydrogen-bond donors (Lipinski definition) is 4. The van der Waals surface area contributed by atoms with Crippen molar-refractivity contribution in [2.75, 3.05) is 5.75 Å². The van der Waals surface area contributed by atoms with Crippen LogP contribution in [-0.4, -0.2) is 57.6 Å². The number of carbonyl (C=O) groups excluding carboxylic acids is 5. The average Bonchev–Trinajstić information content (AvgIpc) is 3.02. The molecule has 0 aliphatic carbocycles. The highest BCUT2D eigenvalue weighted by Gasteiger charge is 2.31. The van der Waals surface area contributed by atoms with E-state index in [0.717, 1.165) is 22.9 Å². The highest BCUT2D eigenvalue weighted by molar-refractivity contribution is 8.00. The Labute approximate surface area is 255 Å². The highest BCUT2D eigenvalue weighted by atomic mass is 32.2. The van der Waals surface area contributed by atoms with Crippen LogP contribution in [0.2, 0.25) is 0 Å². The summed E-state index contributed by atoms with van der Waals surface area (Å²) in [5.41, 5.74) is 1.94. The van der Waals surface area contributed by atoms with Crippen molar-refractivity contribution in [3.63, 3.8) is 0 Å². The lowest BCUT2D eigenvalue weighted by atomic mass is 10.0. The minimum Gasteiger partial charge on any atom is -0.345 e. The lowest BCUT2D eigenvalue weighted by molar-refractivity contribution is -0.139. The predicted octanol–water partition coefficient (Wildman–Crippen LogP) is 2.64. The van der Waals surface area contributed by atoms with E-state index < -0.39 is 46.9 Å². The first-order chi connectivity index (χ1) is 20.6. The third kappa shape index (κ3) is 11.0. The molecule has 0 aliphatic heterocycles. The van der Waals surface area contributed by atoms with Crippen molar-refractivity contribution in [1.29, 1.82) is 0 Å². The molecule has 0 bridgehead atoms. The Morgan fingerprint density at radius 3 is 2.05 bits per heavy atom. The SMILES string of the molecule is CC(C)CSC(NC(=O)C(C)NC(=O)C(Cc1ccccc1)NC(=O)c1ccccc1)C(=O)C(=O)NCc1cccnc1. The van der Waals surface area contributed by atoms with Gasteiger partial charge >= 0.3 is 0 Å². The van der Waals surface area contributed by atoms with Crippen molar-refractivity contribution >= 4 is 41.2 Å². The quantitative estimate of drug-likeness (QED) is 0.154. The van der Waals surface area contributed by atoms with Crippen molar-refractivity contribution in [3.8, 4) is 0 Å². The molecule has 4 amide bonds. The molecule has 0 fully saturated rings. The monoisotopic (exact) mass is 603 g/mol. The number of thioether (sulfide) groups is 1. The van der Waals surface area contributed by atoms with Gasteiger partial charge in [-0.3, -0.25) is 29.0 Å². The molecule has 1 aromatic heterocycles. The molecule has 43 heavy (non-hydrogen) atoms. The van der Waals surface area contributed by atoms with Crippen LogP contribution >= 0.6 is 11.8 Å². The van der Waals surface area contributed by atoms with E-state index in [1.165, 1.54) is 6.92 Å². The number of Topliss-reactive ketones (excluding diaryl/α,β-unsaturated/α-hetero) is 1. The van der Waals surface area contributed by atoms with Gasteiger partial charge in [-0.1, -0.05) is 68.4 Å². The van der Waals surface area contributed by atoms with E-state index >= 15 is 0 Å². The van der Waals surface area contributed by atoms with Gasteiger partial charge in [-0.2, -0.15) is 0 Å². The second-order valence-corrected chi connectivity index (χ2v) is 11.5. The van der Waals surface area contributed by atoms with Gasteiger partial charge in [-0.05, 0) is 47.9 Å². The number of amides is 4. The Kier molecular flexibility index (Phi) is 12.9. The van der Waals surface area contributed by atoms with Crippen LogP contribution in [0.3, 0.4) is 0 Å². The molecule has 2 aromatic carbocycles. The number of hydrogen-bond acceptors (Lipinski definition) is 7. The standard InChI is InChI=1S/C32H37N5O5S/c1-21(2)20-43-32(27(38)31(42)34-19-24-13-10-16-33-18-24)37-28(39)22(3)35-30(41)26(17-23-11-6-4-7-12-23)36-29(40)25-14-8-5-9-15-25/h4-16,18,21-22,26,32H,17,19-20H2,1-3H3,(H,34,42)(H,35,41)(H,36,40)(H,37,39). The zero-order chi connectivity index (χ0) is 31.2. The van der Waals surface area contributed by atoms with Gasteiger partial charge in [0, 0.05) is 30.9 Å². The summed E-state index contributed by atoms with van der Waals surface area (Å²) in [4.78, 5) is 69.0. The molecule has 3 atom stereocenters. The van der Waals surface area contributed by atoms with Crippen LogP contribution in [0.25, 0.3) is 0 Å². The lowest BCUT2D eigenvalue weighted by Gasteiger charge is -2.23. The fourth-order valence-electron chi connectivity index (χ4n) is 3.89. The first-order valence-corrected chi connectivity index (χ1v) is 15.0. The molecule has 4 N–H and O–H groups in total. The second-order valence-electron chi connectivity index (χ2n) is 10.3. The number of ketones is 1. The Morgan fingerprint density at radius 2 is 1.42 bits per heavy atom. The summed E-state index contributed by atoms with van der Waals surface area (Å²) in [5, 5.41) is 9.44. The van der Waals surface area contributed by atoms with Gasteiger partial charge in [0.25, 0.3) is 17.6 Å². The molecule has 11 heteroatoms. The third-order valence-corrected chi connectivity index (χ3v) is 7.72. The van der Waals surface area contributed by atoms with Crippen LogP contribution in [0.15, 0.2) is 85.2 Å².